The standard InChI is InChI=1S/C18H15F5N4/c1-25-17(27-10-13-3-2-11(8-24)6-16(13)20)26-9-12-4-5-14(19)7-15(12)18(21,22)23/h2-7H,9-10H2,1H3,(H2,25,26,27). The quantitative estimate of drug-likeness (QED) is 0.481. The molecule has 0 radical (unpaired) electrons. The van der Waals surface area contributed by atoms with Crippen LogP contribution in [0.25, 0.3) is 0 Å². The third-order valence-electron chi connectivity index (χ3n) is 3.68. The molecule has 4 nitrogen and oxygen atoms in total. The summed E-state index contributed by atoms with van der Waals surface area (Å²) in [6.07, 6.45) is -4.69. The summed E-state index contributed by atoms with van der Waals surface area (Å²) in [6, 6.07) is 8.19. The summed E-state index contributed by atoms with van der Waals surface area (Å²) >= 11 is 0. The molecule has 0 atom stereocenters. The fourth-order valence-corrected chi connectivity index (χ4v) is 2.31. The van der Waals surface area contributed by atoms with E-state index in [9.17, 15) is 22.0 Å². The van der Waals surface area contributed by atoms with Crippen molar-refractivity contribution in [1.29, 1.82) is 5.26 Å². The Morgan fingerprint density at radius 3 is 2.22 bits per heavy atom. The smallest absolute Gasteiger partial charge is 0.352 e. The van der Waals surface area contributed by atoms with Crippen molar-refractivity contribution >= 4 is 5.96 Å². The van der Waals surface area contributed by atoms with E-state index < -0.39 is 23.4 Å². The van der Waals surface area contributed by atoms with Gasteiger partial charge in [0.2, 0.25) is 0 Å². The predicted octanol–water partition coefficient (Wildman–Crippen LogP) is 3.72. The van der Waals surface area contributed by atoms with Crippen LogP contribution < -0.4 is 10.6 Å². The van der Waals surface area contributed by atoms with Gasteiger partial charge in [-0.1, -0.05) is 12.1 Å². The molecule has 142 valence electrons. The highest BCUT2D eigenvalue weighted by atomic mass is 19.4. The van der Waals surface area contributed by atoms with Crippen LogP contribution in [0.5, 0.6) is 0 Å². The number of rotatable bonds is 4. The minimum atomic E-state index is -4.69. The molecule has 0 heterocycles. The maximum atomic E-state index is 13.9. The van der Waals surface area contributed by atoms with Gasteiger partial charge < -0.3 is 10.6 Å². The molecule has 0 unspecified atom stereocenters. The lowest BCUT2D eigenvalue weighted by atomic mass is 10.1. The van der Waals surface area contributed by atoms with Crippen LogP contribution in [0.15, 0.2) is 41.4 Å². The summed E-state index contributed by atoms with van der Waals surface area (Å²) < 4.78 is 66.0. The van der Waals surface area contributed by atoms with E-state index in [2.05, 4.69) is 15.6 Å². The van der Waals surface area contributed by atoms with Gasteiger partial charge in [0.25, 0.3) is 0 Å². The second kappa shape index (κ2) is 8.49. The van der Waals surface area contributed by atoms with E-state index in [0.717, 1.165) is 18.2 Å². The van der Waals surface area contributed by atoms with Gasteiger partial charge in [0, 0.05) is 25.7 Å². The summed E-state index contributed by atoms with van der Waals surface area (Å²) in [7, 11) is 1.40. The molecule has 0 saturated carbocycles. The molecule has 0 saturated heterocycles. The maximum Gasteiger partial charge on any atom is 0.416 e. The number of hydrogen-bond donors (Lipinski definition) is 2. The van der Waals surface area contributed by atoms with E-state index in [-0.39, 0.29) is 35.7 Å². The highest BCUT2D eigenvalue weighted by Crippen LogP contribution is 2.32. The molecule has 0 aliphatic rings. The third-order valence-corrected chi connectivity index (χ3v) is 3.68. The average molecular weight is 382 g/mol. The predicted molar refractivity (Wildman–Crippen MR) is 89.6 cm³/mol. The molecule has 0 spiro atoms. The Balaban J connectivity index is 2.04. The fourth-order valence-electron chi connectivity index (χ4n) is 2.31. The van der Waals surface area contributed by atoms with Gasteiger partial charge in [-0.3, -0.25) is 4.99 Å². The molecule has 2 N–H and O–H groups in total. The molecule has 0 bridgehead atoms. The molecule has 2 aromatic carbocycles. The minimum Gasteiger partial charge on any atom is -0.352 e. The lowest BCUT2D eigenvalue weighted by Gasteiger charge is -2.16. The first-order chi connectivity index (χ1) is 12.7. The number of benzene rings is 2. The first kappa shape index (κ1) is 20.2. The van der Waals surface area contributed by atoms with Crippen molar-refractivity contribution < 1.29 is 22.0 Å². The van der Waals surface area contributed by atoms with Crippen LogP contribution in [0.3, 0.4) is 0 Å². The van der Waals surface area contributed by atoms with Gasteiger partial charge in [-0.05, 0) is 29.8 Å². The largest absolute Gasteiger partial charge is 0.416 e. The van der Waals surface area contributed by atoms with E-state index in [1.165, 1.54) is 19.2 Å². The molecular formula is C18H15F5N4. The Labute approximate surface area is 152 Å². The number of hydrogen-bond acceptors (Lipinski definition) is 2. The Hall–Kier alpha value is -3.15. The monoisotopic (exact) mass is 382 g/mol. The van der Waals surface area contributed by atoms with E-state index in [4.69, 9.17) is 5.26 Å². The van der Waals surface area contributed by atoms with Crippen molar-refractivity contribution in [1.82, 2.24) is 10.6 Å². The first-order valence-electron chi connectivity index (χ1n) is 7.73. The zero-order valence-electron chi connectivity index (χ0n) is 14.2. The van der Waals surface area contributed by atoms with Gasteiger partial charge in [0.1, 0.15) is 11.6 Å². The number of alkyl halides is 3. The molecule has 0 fully saturated rings. The summed E-state index contributed by atoms with van der Waals surface area (Å²) in [5, 5.41) is 14.2. The van der Waals surface area contributed by atoms with Gasteiger partial charge in [-0.25, -0.2) is 8.78 Å². The normalized spacial score (nSPS) is 11.8. The summed E-state index contributed by atoms with van der Waals surface area (Å²) in [5.74, 6) is -1.43. The second-order valence-electron chi connectivity index (χ2n) is 5.50. The van der Waals surface area contributed by atoms with Crippen molar-refractivity contribution in [2.24, 2.45) is 4.99 Å². The van der Waals surface area contributed by atoms with Gasteiger partial charge in [0.05, 0.1) is 17.2 Å². The number of aliphatic imine (C=N–C) groups is 1. The van der Waals surface area contributed by atoms with Crippen LogP contribution in [0.2, 0.25) is 0 Å². The molecular weight excluding hydrogens is 367 g/mol. The van der Waals surface area contributed by atoms with E-state index in [0.29, 0.717) is 6.07 Å². The zero-order chi connectivity index (χ0) is 20.0. The Kier molecular flexibility index (Phi) is 6.34. The van der Waals surface area contributed by atoms with Gasteiger partial charge in [0.15, 0.2) is 5.96 Å². The van der Waals surface area contributed by atoms with Crippen molar-refractivity contribution in [2.45, 2.75) is 19.3 Å². The van der Waals surface area contributed by atoms with Gasteiger partial charge in [-0.15, -0.1) is 0 Å². The number of nitriles is 1. The lowest BCUT2D eigenvalue weighted by Crippen LogP contribution is -2.37. The van der Waals surface area contributed by atoms with Gasteiger partial charge >= 0.3 is 6.18 Å². The number of halogens is 5. The average Bonchev–Trinajstić information content (AvgIpc) is 2.62. The molecule has 0 aliphatic carbocycles. The van der Waals surface area contributed by atoms with Crippen LogP contribution in [-0.4, -0.2) is 13.0 Å². The first-order valence-corrected chi connectivity index (χ1v) is 7.73. The number of nitrogens with zero attached hydrogens (tertiary/aromatic N) is 2. The SMILES string of the molecule is CN=C(NCc1ccc(C#N)cc1F)NCc1ccc(F)cc1C(F)(F)F. The van der Waals surface area contributed by atoms with Crippen LogP contribution >= 0.6 is 0 Å². The van der Waals surface area contributed by atoms with Crippen molar-refractivity contribution in [3.8, 4) is 6.07 Å². The third kappa shape index (κ3) is 5.41. The van der Waals surface area contributed by atoms with E-state index in [1.807, 2.05) is 6.07 Å². The molecule has 0 aromatic heterocycles. The maximum absolute atomic E-state index is 13.9. The topological polar surface area (TPSA) is 60.2 Å². The van der Waals surface area contributed by atoms with Crippen molar-refractivity contribution in [2.75, 3.05) is 7.05 Å². The fraction of sp³-hybridized carbons (Fsp3) is 0.222. The summed E-state index contributed by atoms with van der Waals surface area (Å²) in [5.41, 5.74) is -0.801. The molecule has 2 aromatic rings. The van der Waals surface area contributed by atoms with Crippen LogP contribution in [0.4, 0.5) is 22.0 Å². The second-order valence-corrected chi connectivity index (χ2v) is 5.50. The zero-order valence-corrected chi connectivity index (χ0v) is 14.2. The molecule has 0 aliphatic heterocycles. The minimum absolute atomic E-state index is 0.00671. The molecule has 0 amide bonds. The number of nitrogens with one attached hydrogen (secondary N) is 2. The van der Waals surface area contributed by atoms with Crippen LogP contribution in [0.1, 0.15) is 22.3 Å². The highest BCUT2D eigenvalue weighted by Gasteiger charge is 2.33. The Morgan fingerprint density at radius 2 is 1.67 bits per heavy atom. The van der Waals surface area contributed by atoms with Crippen molar-refractivity contribution in [3.05, 3.63) is 70.3 Å². The lowest BCUT2D eigenvalue weighted by molar-refractivity contribution is -0.138. The van der Waals surface area contributed by atoms with Crippen molar-refractivity contribution in [3.63, 3.8) is 0 Å². The Bertz CT molecular complexity index is 884. The Morgan fingerprint density at radius 1 is 1.04 bits per heavy atom. The van der Waals surface area contributed by atoms with E-state index in [1.54, 1.807) is 0 Å². The van der Waals surface area contributed by atoms with Crippen LogP contribution in [0, 0.1) is 23.0 Å². The summed E-state index contributed by atoms with van der Waals surface area (Å²) in [4.78, 5) is 3.86. The molecule has 27 heavy (non-hydrogen) atoms. The number of guanidine groups is 1. The molecule has 9 heteroatoms. The summed E-state index contributed by atoms with van der Waals surface area (Å²) in [6.45, 7) is -0.253. The van der Waals surface area contributed by atoms with Crippen LogP contribution in [-0.2, 0) is 19.3 Å². The van der Waals surface area contributed by atoms with E-state index >= 15 is 0 Å². The van der Waals surface area contributed by atoms with Gasteiger partial charge in [-0.2, -0.15) is 18.4 Å². The highest BCUT2D eigenvalue weighted by molar-refractivity contribution is 5.79. The molecule has 2 rings (SSSR count).